The Kier molecular flexibility index (Phi) is 7.41. The van der Waals surface area contributed by atoms with E-state index >= 15 is 0 Å². The molecule has 4 rings (SSSR count). The number of aliphatic hydroxyl groups is 2. The molecule has 0 aromatic carbocycles. The van der Waals surface area contributed by atoms with Crippen LogP contribution in [0, 0.1) is 34.5 Å². The summed E-state index contributed by atoms with van der Waals surface area (Å²) in [4.78, 5) is 8.00. The lowest BCUT2D eigenvalue weighted by Gasteiger charge is -2.63. The molecule has 5 nitrogen and oxygen atoms in total. The van der Waals surface area contributed by atoms with Crippen molar-refractivity contribution in [3.63, 3.8) is 0 Å². The Labute approximate surface area is 202 Å². The fourth-order valence-electron chi connectivity index (χ4n) is 8.68. The fourth-order valence-corrected chi connectivity index (χ4v) is 8.68. The number of allylic oxidation sites excluding steroid dienone is 1. The molecular formula is C28H50N2O3. The van der Waals surface area contributed by atoms with E-state index < -0.39 is 5.60 Å². The number of hydroxylamine groups is 2. The molecule has 0 amide bonds. The van der Waals surface area contributed by atoms with E-state index in [-0.39, 0.29) is 11.5 Å². The van der Waals surface area contributed by atoms with Crippen LogP contribution in [0.2, 0.25) is 0 Å². The quantitative estimate of drug-likeness (QED) is 0.431. The molecular weight excluding hydrogens is 412 g/mol. The maximum atomic E-state index is 12.3. The first-order chi connectivity index (χ1) is 15.5. The van der Waals surface area contributed by atoms with Crippen molar-refractivity contribution in [3.05, 3.63) is 11.6 Å². The lowest BCUT2D eigenvalue weighted by atomic mass is 9.43. The summed E-state index contributed by atoms with van der Waals surface area (Å²) in [6.45, 7) is 9.54. The van der Waals surface area contributed by atoms with Crippen molar-refractivity contribution in [3.8, 4) is 0 Å². The molecule has 0 bridgehead atoms. The van der Waals surface area contributed by atoms with Crippen LogP contribution in [-0.4, -0.2) is 72.7 Å². The van der Waals surface area contributed by atoms with Crippen molar-refractivity contribution in [1.29, 1.82) is 0 Å². The average molecular weight is 463 g/mol. The van der Waals surface area contributed by atoms with Crippen LogP contribution >= 0.6 is 0 Å². The number of hydrogen-bond acceptors (Lipinski definition) is 5. The van der Waals surface area contributed by atoms with Gasteiger partial charge in [0.05, 0.1) is 18.3 Å². The molecule has 5 heteroatoms. The van der Waals surface area contributed by atoms with Crippen molar-refractivity contribution in [1.82, 2.24) is 9.96 Å². The second-order valence-electron chi connectivity index (χ2n) is 12.9. The second-order valence-corrected chi connectivity index (χ2v) is 12.9. The Morgan fingerprint density at radius 2 is 1.76 bits per heavy atom. The number of hydrogen-bond donors (Lipinski definition) is 2. The van der Waals surface area contributed by atoms with Gasteiger partial charge >= 0.3 is 0 Å². The summed E-state index contributed by atoms with van der Waals surface area (Å²) < 4.78 is 0. The predicted octanol–water partition coefficient (Wildman–Crippen LogP) is 4.49. The Morgan fingerprint density at radius 3 is 2.48 bits per heavy atom. The molecule has 0 heterocycles. The molecule has 0 saturated heterocycles. The van der Waals surface area contributed by atoms with Gasteiger partial charge in [0.25, 0.3) is 0 Å². The summed E-state index contributed by atoms with van der Waals surface area (Å²) in [6, 6.07) is 0. The zero-order valence-electron chi connectivity index (χ0n) is 22.1. The molecule has 0 aromatic heterocycles. The largest absolute Gasteiger partial charge is 0.393 e. The van der Waals surface area contributed by atoms with Crippen LogP contribution in [0.4, 0.5) is 0 Å². The van der Waals surface area contributed by atoms with Crippen molar-refractivity contribution < 1.29 is 15.1 Å². The maximum Gasteiger partial charge on any atom is 0.0811 e. The molecule has 4 aliphatic carbocycles. The number of likely N-dealkylation sites (N-methyl/N-ethyl adjacent to an activating group) is 2. The van der Waals surface area contributed by atoms with E-state index in [9.17, 15) is 10.2 Å². The fraction of sp³-hybridized carbons (Fsp3) is 0.929. The topological polar surface area (TPSA) is 56.2 Å². The summed E-state index contributed by atoms with van der Waals surface area (Å²) in [7, 11) is 6.15. The highest BCUT2D eigenvalue weighted by Crippen LogP contribution is 2.69. The van der Waals surface area contributed by atoms with Crippen molar-refractivity contribution >= 4 is 0 Å². The molecule has 8 atom stereocenters. The maximum absolute atomic E-state index is 12.3. The highest BCUT2D eigenvalue weighted by atomic mass is 16.7. The van der Waals surface area contributed by atoms with Gasteiger partial charge in [0.2, 0.25) is 0 Å². The summed E-state index contributed by atoms with van der Waals surface area (Å²) in [5.74, 6) is 2.11. The third kappa shape index (κ3) is 4.58. The smallest absolute Gasteiger partial charge is 0.0811 e. The first-order valence-corrected chi connectivity index (χ1v) is 13.6. The van der Waals surface area contributed by atoms with Gasteiger partial charge in [-0.05, 0) is 108 Å². The number of nitrogens with zero attached hydrogens (tertiary/aromatic N) is 2. The minimum absolute atomic E-state index is 0.0306. The summed E-state index contributed by atoms with van der Waals surface area (Å²) in [6.07, 6.45) is 12.1. The monoisotopic (exact) mass is 462 g/mol. The van der Waals surface area contributed by atoms with Crippen LogP contribution in [0.5, 0.6) is 0 Å². The molecule has 0 spiro atoms. The van der Waals surface area contributed by atoms with E-state index in [2.05, 4.69) is 45.8 Å². The first kappa shape index (κ1) is 25.6. The van der Waals surface area contributed by atoms with Gasteiger partial charge in [-0.25, -0.2) is 0 Å². The van der Waals surface area contributed by atoms with E-state index in [4.69, 9.17) is 4.84 Å². The molecule has 4 fully saturated rings. The highest BCUT2D eigenvalue weighted by Gasteiger charge is 2.66. The summed E-state index contributed by atoms with van der Waals surface area (Å²) in [5, 5.41) is 24.6. The molecule has 0 radical (unpaired) electrons. The summed E-state index contributed by atoms with van der Waals surface area (Å²) in [5.41, 5.74) is 1.07. The molecule has 0 unspecified atom stereocenters. The SMILES string of the molecule is C/C(=C\[C@H]1CC[C@]2(O)[C@@H]3CC[C@@H]4C[C@@H](O)CC[C@]4(C)[C@H]3CC[C@]12C)CN(C)OCCN(C)C. The van der Waals surface area contributed by atoms with Crippen LogP contribution in [0.25, 0.3) is 0 Å². The van der Waals surface area contributed by atoms with Crippen LogP contribution in [0.15, 0.2) is 11.6 Å². The Bertz CT molecular complexity index is 726. The highest BCUT2D eigenvalue weighted by molar-refractivity contribution is 5.21. The van der Waals surface area contributed by atoms with Crippen LogP contribution in [0.3, 0.4) is 0 Å². The Balaban J connectivity index is 1.45. The van der Waals surface area contributed by atoms with E-state index in [1.54, 1.807) is 0 Å². The summed E-state index contributed by atoms with van der Waals surface area (Å²) >= 11 is 0. The predicted molar refractivity (Wildman–Crippen MR) is 134 cm³/mol. The zero-order chi connectivity index (χ0) is 24.0. The number of fused-ring (bicyclic) bond motifs is 5. The molecule has 4 saturated carbocycles. The van der Waals surface area contributed by atoms with E-state index in [1.807, 2.05) is 12.1 Å². The van der Waals surface area contributed by atoms with E-state index in [0.29, 0.717) is 35.7 Å². The van der Waals surface area contributed by atoms with Crippen LogP contribution in [0.1, 0.15) is 78.6 Å². The van der Waals surface area contributed by atoms with Gasteiger partial charge in [0.15, 0.2) is 0 Å². The molecule has 2 N–H and O–H groups in total. The van der Waals surface area contributed by atoms with E-state index in [1.165, 1.54) is 18.4 Å². The van der Waals surface area contributed by atoms with Gasteiger partial charge in [-0.1, -0.05) is 25.5 Å². The van der Waals surface area contributed by atoms with Gasteiger partial charge in [0, 0.05) is 25.6 Å². The normalized spacial score (nSPS) is 45.8. The Hall–Kier alpha value is -0.460. The second kappa shape index (κ2) is 9.54. The Morgan fingerprint density at radius 1 is 1.00 bits per heavy atom. The number of rotatable bonds is 7. The average Bonchev–Trinajstić information content (AvgIpc) is 2.99. The van der Waals surface area contributed by atoms with Crippen LogP contribution in [-0.2, 0) is 4.84 Å². The molecule has 4 aliphatic rings. The lowest BCUT2D eigenvalue weighted by Crippen LogP contribution is -2.62. The lowest BCUT2D eigenvalue weighted by molar-refractivity contribution is -0.207. The third-order valence-corrected chi connectivity index (χ3v) is 10.7. The zero-order valence-corrected chi connectivity index (χ0v) is 22.1. The van der Waals surface area contributed by atoms with Gasteiger partial charge in [-0.2, -0.15) is 5.06 Å². The molecule has 190 valence electrons. The molecule has 33 heavy (non-hydrogen) atoms. The van der Waals surface area contributed by atoms with Gasteiger partial charge in [-0.3, -0.25) is 4.84 Å². The van der Waals surface area contributed by atoms with Crippen molar-refractivity contribution in [2.45, 2.75) is 90.3 Å². The van der Waals surface area contributed by atoms with E-state index in [0.717, 1.165) is 58.0 Å². The third-order valence-electron chi connectivity index (χ3n) is 10.7. The van der Waals surface area contributed by atoms with Gasteiger partial charge in [-0.15, -0.1) is 0 Å². The van der Waals surface area contributed by atoms with Gasteiger partial charge < -0.3 is 15.1 Å². The van der Waals surface area contributed by atoms with Crippen LogP contribution < -0.4 is 0 Å². The standard InChI is InChI=1S/C28H50N2O3/c1-20(19-30(6)33-16-15-29(4)5)17-22-9-14-28(32)25-8-7-21-18-23(31)10-12-26(21,2)24(25)11-13-27(22,28)3/h17,21-25,31-32H,7-16,18-19H2,1-6H3/b20-17+/t21-,22-,23+,24+,25-,26+,27-,28+/m1/s1. The van der Waals surface area contributed by atoms with Crippen molar-refractivity contribution in [2.75, 3.05) is 40.8 Å². The minimum Gasteiger partial charge on any atom is -0.393 e. The first-order valence-electron chi connectivity index (χ1n) is 13.6. The molecule has 0 aliphatic heterocycles. The van der Waals surface area contributed by atoms with Gasteiger partial charge in [0.1, 0.15) is 0 Å². The molecule has 0 aromatic rings. The van der Waals surface area contributed by atoms with Crippen molar-refractivity contribution in [2.24, 2.45) is 34.5 Å². The minimum atomic E-state index is -0.546. The number of aliphatic hydroxyl groups excluding tert-OH is 1.